The number of hydrogen-bond donors (Lipinski definition) is 2. The SMILES string of the molecule is CN1CC2(C1)CN(CC[C@@H](Cc1ccc(C#N)cc1)NC(=O)O)C2. The number of nitriles is 1. The summed E-state index contributed by atoms with van der Waals surface area (Å²) >= 11 is 0. The zero-order valence-corrected chi connectivity index (χ0v) is 14.0. The van der Waals surface area contributed by atoms with Crippen molar-refractivity contribution in [3.63, 3.8) is 0 Å². The van der Waals surface area contributed by atoms with Crippen LogP contribution in [-0.2, 0) is 6.42 Å². The van der Waals surface area contributed by atoms with Crippen LogP contribution < -0.4 is 5.32 Å². The zero-order chi connectivity index (χ0) is 17.2. The number of amides is 1. The van der Waals surface area contributed by atoms with Gasteiger partial charge in [-0.05, 0) is 37.6 Å². The molecular formula is C18H24N4O2. The summed E-state index contributed by atoms with van der Waals surface area (Å²) in [5.41, 5.74) is 2.18. The summed E-state index contributed by atoms with van der Waals surface area (Å²) in [7, 11) is 2.15. The van der Waals surface area contributed by atoms with Gasteiger partial charge in [-0.15, -0.1) is 0 Å². The van der Waals surface area contributed by atoms with Crippen LogP contribution in [0.1, 0.15) is 17.5 Å². The molecule has 0 saturated carbocycles. The summed E-state index contributed by atoms with van der Waals surface area (Å²) in [5.74, 6) is 0. The first-order valence-electron chi connectivity index (χ1n) is 8.37. The molecule has 2 heterocycles. The fourth-order valence-corrected chi connectivity index (χ4v) is 4.10. The van der Waals surface area contributed by atoms with Crippen LogP contribution in [-0.4, -0.2) is 66.8 Å². The van der Waals surface area contributed by atoms with Crippen LogP contribution in [0.15, 0.2) is 24.3 Å². The van der Waals surface area contributed by atoms with Crippen molar-refractivity contribution in [3.8, 4) is 6.07 Å². The molecule has 2 saturated heterocycles. The van der Waals surface area contributed by atoms with E-state index in [4.69, 9.17) is 10.4 Å². The first-order chi connectivity index (χ1) is 11.5. The summed E-state index contributed by atoms with van der Waals surface area (Å²) in [6.07, 6.45) is 0.479. The van der Waals surface area contributed by atoms with E-state index in [2.05, 4.69) is 28.2 Å². The van der Waals surface area contributed by atoms with E-state index in [1.807, 2.05) is 12.1 Å². The molecule has 1 atom stereocenters. The predicted octanol–water partition coefficient (Wildman–Crippen LogP) is 1.37. The minimum Gasteiger partial charge on any atom is -0.465 e. The Morgan fingerprint density at radius 2 is 2.00 bits per heavy atom. The molecule has 2 N–H and O–H groups in total. The molecule has 1 spiro atoms. The standard InChI is InChI=1S/C18H24N4O2/c1-21-10-18(11-21)12-22(13-18)7-6-16(20-17(23)24)8-14-2-4-15(9-19)5-3-14/h2-5,16,20H,6-8,10-13H2,1H3,(H,23,24)/t16-/m0/s1. The van der Waals surface area contributed by atoms with Crippen LogP contribution in [0.4, 0.5) is 4.79 Å². The van der Waals surface area contributed by atoms with Crippen molar-refractivity contribution in [2.45, 2.75) is 18.9 Å². The monoisotopic (exact) mass is 328 g/mol. The van der Waals surface area contributed by atoms with Crippen molar-refractivity contribution in [2.24, 2.45) is 5.41 Å². The predicted molar refractivity (Wildman–Crippen MR) is 90.8 cm³/mol. The van der Waals surface area contributed by atoms with Crippen molar-refractivity contribution in [1.29, 1.82) is 5.26 Å². The Hall–Kier alpha value is -2.10. The van der Waals surface area contributed by atoms with Crippen LogP contribution in [0.5, 0.6) is 0 Å². The van der Waals surface area contributed by atoms with E-state index >= 15 is 0 Å². The highest BCUT2D eigenvalue weighted by Gasteiger charge is 2.49. The van der Waals surface area contributed by atoms with E-state index in [1.54, 1.807) is 12.1 Å². The maximum atomic E-state index is 11.0. The second kappa shape index (κ2) is 6.80. The molecule has 1 amide bonds. The first kappa shape index (κ1) is 16.7. The minimum atomic E-state index is -0.977. The van der Waals surface area contributed by atoms with Crippen LogP contribution in [0.3, 0.4) is 0 Å². The van der Waals surface area contributed by atoms with Gasteiger partial charge in [0.25, 0.3) is 0 Å². The second-order valence-corrected chi connectivity index (χ2v) is 7.33. The largest absolute Gasteiger partial charge is 0.465 e. The molecule has 3 rings (SSSR count). The fourth-order valence-electron chi connectivity index (χ4n) is 4.10. The van der Waals surface area contributed by atoms with Crippen molar-refractivity contribution in [1.82, 2.24) is 15.1 Å². The van der Waals surface area contributed by atoms with Gasteiger partial charge in [-0.2, -0.15) is 5.26 Å². The van der Waals surface area contributed by atoms with E-state index in [0.717, 1.165) is 31.6 Å². The number of benzene rings is 1. The van der Waals surface area contributed by atoms with Crippen LogP contribution in [0, 0.1) is 16.7 Å². The van der Waals surface area contributed by atoms with Crippen molar-refractivity contribution in [3.05, 3.63) is 35.4 Å². The molecule has 24 heavy (non-hydrogen) atoms. The summed E-state index contributed by atoms with van der Waals surface area (Å²) in [4.78, 5) is 15.8. The Balaban J connectivity index is 1.48. The summed E-state index contributed by atoms with van der Waals surface area (Å²) < 4.78 is 0. The molecule has 2 aliphatic heterocycles. The van der Waals surface area contributed by atoms with Gasteiger partial charge in [0.2, 0.25) is 0 Å². The zero-order valence-electron chi connectivity index (χ0n) is 14.0. The smallest absolute Gasteiger partial charge is 0.404 e. The van der Waals surface area contributed by atoms with Gasteiger partial charge in [0.15, 0.2) is 0 Å². The van der Waals surface area contributed by atoms with E-state index < -0.39 is 6.09 Å². The number of nitrogens with zero attached hydrogens (tertiary/aromatic N) is 3. The van der Waals surface area contributed by atoms with Gasteiger partial charge in [-0.3, -0.25) is 0 Å². The van der Waals surface area contributed by atoms with E-state index in [1.165, 1.54) is 13.1 Å². The van der Waals surface area contributed by atoms with Gasteiger partial charge in [-0.25, -0.2) is 4.79 Å². The lowest BCUT2D eigenvalue weighted by Gasteiger charge is -2.60. The lowest BCUT2D eigenvalue weighted by molar-refractivity contribution is -0.104. The minimum absolute atomic E-state index is 0.101. The third kappa shape index (κ3) is 3.86. The molecular weight excluding hydrogens is 304 g/mol. The summed E-state index contributed by atoms with van der Waals surface area (Å²) in [6, 6.07) is 9.35. The van der Waals surface area contributed by atoms with Gasteiger partial charge in [0.1, 0.15) is 0 Å². The number of nitrogens with one attached hydrogen (secondary N) is 1. The molecule has 0 aromatic heterocycles. The maximum absolute atomic E-state index is 11.0. The Morgan fingerprint density at radius 1 is 1.33 bits per heavy atom. The average Bonchev–Trinajstić information content (AvgIpc) is 2.48. The molecule has 0 aliphatic carbocycles. The highest BCUT2D eigenvalue weighted by molar-refractivity contribution is 5.64. The van der Waals surface area contributed by atoms with Crippen LogP contribution in [0.25, 0.3) is 0 Å². The van der Waals surface area contributed by atoms with E-state index in [9.17, 15) is 4.79 Å². The molecule has 2 fully saturated rings. The van der Waals surface area contributed by atoms with Crippen LogP contribution >= 0.6 is 0 Å². The summed E-state index contributed by atoms with van der Waals surface area (Å²) in [6.45, 7) is 5.56. The quantitative estimate of drug-likeness (QED) is 0.824. The molecule has 0 unspecified atom stereocenters. The highest BCUT2D eigenvalue weighted by Crippen LogP contribution is 2.38. The molecule has 1 aromatic rings. The van der Waals surface area contributed by atoms with Gasteiger partial charge in [0.05, 0.1) is 11.6 Å². The Bertz CT molecular complexity index is 623. The van der Waals surface area contributed by atoms with Crippen molar-refractivity contribution >= 4 is 6.09 Å². The average molecular weight is 328 g/mol. The maximum Gasteiger partial charge on any atom is 0.404 e. The van der Waals surface area contributed by atoms with E-state index in [0.29, 0.717) is 17.4 Å². The van der Waals surface area contributed by atoms with Crippen molar-refractivity contribution < 1.29 is 9.90 Å². The Labute approximate surface area is 142 Å². The van der Waals surface area contributed by atoms with Crippen LogP contribution in [0.2, 0.25) is 0 Å². The van der Waals surface area contributed by atoms with Gasteiger partial charge in [0, 0.05) is 44.2 Å². The van der Waals surface area contributed by atoms with E-state index in [-0.39, 0.29) is 6.04 Å². The normalized spacial score (nSPS) is 20.7. The Kier molecular flexibility index (Phi) is 4.74. The fraction of sp³-hybridized carbons (Fsp3) is 0.556. The number of carboxylic acid groups (broad SMARTS) is 1. The second-order valence-electron chi connectivity index (χ2n) is 7.33. The number of hydrogen-bond acceptors (Lipinski definition) is 4. The topological polar surface area (TPSA) is 79.6 Å². The molecule has 6 heteroatoms. The molecule has 0 radical (unpaired) electrons. The number of likely N-dealkylation sites (tertiary alicyclic amines) is 2. The summed E-state index contributed by atoms with van der Waals surface area (Å²) in [5, 5.41) is 20.5. The number of carbonyl (C=O) groups is 1. The van der Waals surface area contributed by atoms with Gasteiger partial charge in [-0.1, -0.05) is 12.1 Å². The third-order valence-corrected chi connectivity index (χ3v) is 5.02. The lowest BCUT2D eigenvalue weighted by atomic mass is 9.73. The third-order valence-electron chi connectivity index (χ3n) is 5.02. The lowest BCUT2D eigenvalue weighted by Crippen LogP contribution is -2.71. The Morgan fingerprint density at radius 3 is 2.54 bits per heavy atom. The molecule has 6 nitrogen and oxygen atoms in total. The highest BCUT2D eigenvalue weighted by atomic mass is 16.4. The van der Waals surface area contributed by atoms with Gasteiger partial charge < -0.3 is 20.2 Å². The molecule has 2 aliphatic rings. The van der Waals surface area contributed by atoms with Crippen molar-refractivity contribution in [2.75, 3.05) is 39.8 Å². The molecule has 128 valence electrons. The first-order valence-corrected chi connectivity index (χ1v) is 8.37. The molecule has 1 aromatic carbocycles. The van der Waals surface area contributed by atoms with Gasteiger partial charge >= 0.3 is 6.09 Å². The molecule has 0 bridgehead atoms. The number of rotatable bonds is 6.